The number of ether oxygens (including phenoxy) is 1. The second-order valence-electron chi connectivity index (χ2n) is 3.12. The highest BCUT2D eigenvalue weighted by Crippen LogP contribution is 2.14. The summed E-state index contributed by atoms with van der Waals surface area (Å²) in [7, 11) is 0. The van der Waals surface area contributed by atoms with Crippen LogP contribution in [0.1, 0.15) is 26.7 Å². The number of cyclic esters (lactones) is 1. The molecule has 0 radical (unpaired) electrons. The lowest BCUT2D eigenvalue weighted by Gasteiger charge is -2.15. The van der Waals surface area contributed by atoms with E-state index in [4.69, 9.17) is 4.74 Å². The Kier molecular flexibility index (Phi) is 2.74. The standard InChI is InChI=1S/C8H15NO2/c1-3-4-6(2)7-5-11-8(10)9-7/h6-7H,3-5H2,1-2H3,(H,9,10). The van der Waals surface area contributed by atoms with Crippen LogP contribution >= 0.6 is 0 Å². The molecule has 0 aliphatic carbocycles. The highest BCUT2D eigenvalue weighted by atomic mass is 16.6. The molecule has 1 fully saturated rings. The molecule has 0 spiro atoms. The Balaban J connectivity index is 2.30. The lowest BCUT2D eigenvalue weighted by molar-refractivity contribution is 0.175. The lowest BCUT2D eigenvalue weighted by Crippen LogP contribution is -2.32. The van der Waals surface area contributed by atoms with Gasteiger partial charge in [0.2, 0.25) is 0 Å². The van der Waals surface area contributed by atoms with Crippen LogP contribution in [0, 0.1) is 5.92 Å². The first-order chi connectivity index (χ1) is 5.24. The molecule has 0 aromatic carbocycles. The predicted octanol–water partition coefficient (Wildman–Crippen LogP) is 1.53. The molecular weight excluding hydrogens is 142 g/mol. The van der Waals surface area contributed by atoms with Crippen LogP contribution in [0.2, 0.25) is 0 Å². The molecule has 3 nitrogen and oxygen atoms in total. The fourth-order valence-corrected chi connectivity index (χ4v) is 1.36. The van der Waals surface area contributed by atoms with Crippen LogP contribution in [-0.2, 0) is 4.74 Å². The van der Waals surface area contributed by atoms with Crippen molar-refractivity contribution in [3.63, 3.8) is 0 Å². The second kappa shape index (κ2) is 3.60. The average Bonchev–Trinajstić information content (AvgIpc) is 2.36. The maximum atomic E-state index is 10.6. The summed E-state index contributed by atoms with van der Waals surface area (Å²) in [6, 6.07) is 0.238. The van der Waals surface area contributed by atoms with Crippen molar-refractivity contribution in [1.29, 1.82) is 0 Å². The van der Waals surface area contributed by atoms with Gasteiger partial charge < -0.3 is 10.1 Å². The summed E-state index contributed by atoms with van der Waals surface area (Å²) >= 11 is 0. The van der Waals surface area contributed by atoms with E-state index in [0.29, 0.717) is 12.5 Å². The normalized spacial score (nSPS) is 26.0. The van der Waals surface area contributed by atoms with Crippen molar-refractivity contribution in [2.24, 2.45) is 5.92 Å². The van der Waals surface area contributed by atoms with Gasteiger partial charge in [-0.1, -0.05) is 20.3 Å². The van der Waals surface area contributed by atoms with E-state index in [-0.39, 0.29) is 12.1 Å². The zero-order chi connectivity index (χ0) is 8.27. The first-order valence-corrected chi connectivity index (χ1v) is 4.17. The lowest BCUT2D eigenvalue weighted by atomic mass is 9.98. The van der Waals surface area contributed by atoms with Crippen molar-refractivity contribution < 1.29 is 9.53 Å². The Hall–Kier alpha value is -0.730. The number of hydrogen-bond acceptors (Lipinski definition) is 2. The first kappa shape index (κ1) is 8.37. The number of nitrogens with one attached hydrogen (secondary N) is 1. The van der Waals surface area contributed by atoms with E-state index in [2.05, 4.69) is 19.2 Å². The average molecular weight is 157 g/mol. The van der Waals surface area contributed by atoms with Gasteiger partial charge in [0.25, 0.3) is 0 Å². The summed E-state index contributed by atoms with van der Waals surface area (Å²) in [4.78, 5) is 10.6. The van der Waals surface area contributed by atoms with Gasteiger partial charge in [-0.25, -0.2) is 4.79 Å². The van der Waals surface area contributed by atoms with Crippen LogP contribution in [0.3, 0.4) is 0 Å². The molecule has 64 valence electrons. The monoisotopic (exact) mass is 157 g/mol. The van der Waals surface area contributed by atoms with Crippen LogP contribution in [0.25, 0.3) is 0 Å². The van der Waals surface area contributed by atoms with E-state index in [1.165, 1.54) is 0 Å². The smallest absolute Gasteiger partial charge is 0.407 e. The summed E-state index contributed by atoms with van der Waals surface area (Å²) in [5.74, 6) is 0.534. The molecule has 1 aliphatic rings. The van der Waals surface area contributed by atoms with Crippen LogP contribution < -0.4 is 5.32 Å². The van der Waals surface area contributed by atoms with Crippen molar-refractivity contribution in [2.75, 3.05) is 6.61 Å². The highest BCUT2D eigenvalue weighted by molar-refractivity contribution is 5.69. The maximum Gasteiger partial charge on any atom is 0.407 e. The van der Waals surface area contributed by atoms with Gasteiger partial charge in [0.05, 0.1) is 6.04 Å². The van der Waals surface area contributed by atoms with Crippen molar-refractivity contribution in [3.8, 4) is 0 Å². The Morgan fingerprint density at radius 2 is 2.55 bits per heavy atom. The molecule has 1 amide bonds. The van der Waals surface area contributed by atoms with Gasteiger partial charge in [-0.2, -0.15) is 0 Å². The van der Waals surface area contributed by atoms with Gasteiger partial charge in [0.1, 0.15) is 6.61 Å². The fraction of sp³-hybridized carbons (Fsp3) is 0.875. The van der Waals surface area contributed by atoms with E-state index in [1.54, 1.807) is 0 Å². The van der Waals surface area contributed by atoms with Gasteiger partial charge in [0.15, 0.2) is 0 Å². The van der Waals surface area contributed by atoms with Crippen molar-refractivity contribution in [3.05, 3.63) is 0 Å². The number of carbonyl (C=O) groups is 1. The minimum atomic E-state index is -0.266. The molecule has 3 heteroatoms. The van der Waals surface area contributed by atoms with Gasteiger partial charge in [-0.05, 0) is 12.3 Å². The van der Waals surface area contributed by atoms with Gasteiger partial charge >= 0.3 is 6.09 Å². The number of amides is 1. The predicted molar refractivity (Wildman–Crippen MR) is 42.3 cm³/mol. The third-order valence-corrected chi connectivity index (χ3v) is 2.13. The highest BCUT2D eigenvalue weighted by Gasteiger charge is 2.26. The molecule has 1 rings (SSSR count). The van der Waals surface area contributed by atoms with Crippen LogP contribution in [0.4, 0.5) is 4.79 Å². The first-order valence-electron chi connectivity index (χ1n) is 4.17. The van der Waals surface area contributed by atoms with Crippen LogP contribution in [0.5, 0.6) is 0 Å². The molecule has 1 N–H and O–H groups in total. The summed E-state index contributed by atoms with van der Waals surface area (Å²) in [6.45, 7) is 4.83. The summed E-state index contributed by atoms with van der Waals surface area (Å²) < 4.78 is 4.78. The Labute approximate surface area is 67.1 Å². The van der Waals surface area contributed by atoms with Gasteiger partial charge in [0, 0.05) is 0 Å². The van der Waals surface area contributed by atoms with Crippen molar-refractivity contribution in [2.45, 2.75) is 32.7 Å². The largest absolute Gasteiger partial charge is 0.447 e. The number of alkyl carbamates (subject to hydrolysis) is 1. The SMILES string of the molecule is CCCC(C)C1COC(=O)N1. The molecule has 1 aliphatic heterocycles. The van der Waals surface area contributed by atoms with Gasteiger partial charge in [-0.3, -0.25) is 0 Å². The molecule has 0 bridgehead atoms. The van der Waals surface area contributed by atoms with Crippen LogP contribution in [-0.4, -0.2) is 18.7 Å². The molecule has 0 aromatic heterocycles. The number of carbonyl (C=O) groups excluding carboxylic acids is 1. The third-order valence-electron chi connectivity index (χ3n) is 2.13. The Bertz CT molecular complexity index is 147. The van der Waals surface area contributed by atoms with E-state index in [0.717, 1.165) is 12.8 Å². The van der Waals surface area contributed by atoms with E-state index >= 15 is 0 Å². The molecule has 1 heterocycles. The Morgan fingerprint density at radius 3 is 3.00 bits per heavy atom. The zero-order valence-electron chi connectivity index (χ0n) is 7.09. The molecule has 2 atom stereocenters. The van der Waals surface area contributed by atoms with E-state index in [9.17, 15) is 4.79 Å². The molecule has 1 saturated heterocycles. The third kappa shape index (κ3) is 2.10. The minimum Gasteiger partial charge on any atom is -0.447 e. The second-order valence-corrected chi connectivity index (χ2v) is 3.12. The van der Waals surface area contributed by atoms with Crippen molar-refractivity contribution in [1.82, 2.24) is 5.32 Å². The summed E-state index contributed by atoms with van der Waals surface area (Å²) in [5.41, 5.74) is 0. The zero-order valence-corrected chi connectivity index (χ0v) is 7.09. The molecule has 11 heavy (non-hydrogen) atoms. The van der Waals surface area contributed by atoms with Crippen LogP contribution in [0.15, 0.2) is 0 Å². The molecule has 0 aromatic rings. The topological polar surface area (TPSA) is 38.3 Å². The van der Waals surface area contributed by atoms with Crippen molar-refractivity contribution >= 4 is 6.09 Å². The maximum absolute atomic E-state index is 10.6. The fourth-order valence-electron chi connectivity index (χ4n) is 1.36. The quantitative estimate of drug-likeness (QED) is 0.674. The number of hydrogen-bond donors (Lipinski definition) is 1. The summed E-state index contributed by atoms with van der Waals surface area (Å²) in [6.07, 6.45) is 2.04. The van der Waals surface area contributed by atoms with E-state index < -0.39 is 0 Å². The minimum absolute atomic E-state index is 0.238. The number of rotatable bonds is 3. The molecule has 2 unspecified atom stereocenters. The molecular formula is C8H15NO2. The van der Waals surface area contributed by atoms with Gasteiger partial charge in [-0.15, -0.1) is 0 Å². The Morgan fingerprint density at radius 1 is 1.82 bits per heavy atom. The molecule has 0 saturated carbocycles. The summed E-state index contributed by atoms with van der Waals surface area (Å²) in [5, 5.41) is 2.78. The van der Waals surface area contributed by atoms with E-state index in [1.807, 2.05) is 0 Å².